The largest absolute Gasteiger partial charge is 0.340 e. The van der Waals surface area contributed by atoms with E-state index in [4.69, 9.17) is 0 Å². The second-order valence-electron chi connectivity index (χ2n) is 7.52. The Morgan fingerprint density at radius 3 is 2.48 bits per heavy atom. The average molecular weight is 379 g/mol. The van der Waals surface area contributed by atoms with Gasteiger partial charge in [-0.05, 0) is 24.5 Å². The number of nitrogens with zero attached hydrogens (tertiary/aromatic N) is 2. The molecule has 1 aliphatic carbocycles. The van der Waals surface area contributed by atoms with Crippen LogP contribution in [-0.2, 0) is 9.59 Å². The summed E-state index contributed by atoms with van der Waals surface area (Å²) < 4.78 is 26.8. The summed E-state index contributed by atoms with van der Waals surface area (Å²) in [5.74, 6) is -0.741. The summed E-state index contributed by atoms with van der Waals surface area (Å²) in [4.78, 5) is 28.2. The third-order valence-electron chi connectivity index (χ3n) is 5.54. The van der Waals surface area contributed by atoms with E-state index in [1.54, 1.807) is 0 Å². The van der Waals surface area contributed by atoms with Gasteiger partial charge in [-0.15, -0.1) is 0 Å². The van der Waals surface area contributed by atoms with E-state index < -0.39 is 11.6 Å². The summed E-state index contributed by atoms with van der Waals surface area (Å²) >= 11 is 0. The SMILES string of the molecule is O=C(CN1CCN(C(=O)CCC2CCCC2)CC1)Nc1cc(F)ccc1F. The molecule has 0 spiro atoms. The van der Waals surface area contributed by atoms with Gasteiger partial charge in [-0.2, -0.15) is 0 Å². The molecule has 1 saturated carbocycles. The van der Waals surface area contributed by atoms with Crippen molar-refractivity contribution in [1.29, 1.82) is 0 Å². The van der Waals surface area contributed by atoms with E-state index in [9.17, 15) is 18.4 Å². The molecule has 0 unspecified atom stereocenters. The monoisotopic (exact) mass is 379 g/mol. The maximum Gasteiger partial charge on any atom is 0.238 e. The van der Waals surface area contributed by atoms with Crippen LogP contribution in [-0.4, -0.2) is 54.3 Å². The average Bonchev–Trinajstić information content (AvgIpc) is 3.17. The first-order valence-corrected chi connectivity index (χ1v) is 9.76. The van der Waals surface area contributed by atoms with Gasteiger partial charge in [-0.25, -0.2) is 8.78 Å². The van der Waals surface area contributed by atoms with Crippen LogP contribution in [0.5, 0.6) is 0 Å². The van der Waals surface area contributed by atoms with Gasteiger partial charge >= 0.3 is 0 Å². The van der Waals surface area contributed by atoms with Crippen LogP contribution in [0.2, 0.25) is 0 Å². The zero-order valence-electron chi connectivity index (χ0n) is 15.6. The van der Waals surface area contributed by atoms with Crippen LogP contribution in [0.15, 0.2) is 18.2 Å². The number of carbonyl (C=O) groups excluding carboxylic acids is 2. The van der Waals surface area contributed by atoms with Crippen molar-refractivity contribution in [2.45, 2.75) is 38.5 Å². The van der Waals surface area contributed by atoms with Gasteiger partial charge in [0.05, 0.1) is 12.2 Å². The Morgan fingerprint density at radius 2 is 1.78 bits per heavy atom. The van der Waals surface area contributed by atoms with Gasteiger partial charge in [-0.1, -0.05) is 25.7 Å². The summed E-state index contributed by atoms with van der Waals surface area (Å²) in [5, 5.41) is 2.41. The molecule has 1 saturated heterocycles. The minimum Gasteiger partial charge on any atom is -0.340 e. The smallest absolute Gasteiger partial charge is 0.238 e. The molecule has 1 aromatic rings. The molecule has 5 nitrogen and oxygen atoms in total. The topological polar surface area (TPSA) is 52.7 Å². The Bertz CT molecular complexity index is 669. The number of rotatable bonds is 6. The number of carbonyl (C=O) groups is 2. The number of nitrogens with one attached hydrogen (secondary N) is 1. The standard InChI is InChI=1S/C20H27F2N3O2/c21-16-6-7-17(22)18(13-16)23-19(26)14-24-9-11-25(12-10-24)20(27)8-5-15-3-1-2-4-15/h6-7,13,15H,1-5,8-12,14H2,(H,23,26). The molecule has 2 fully saturated rings. The van der Waals surface area contributed by atoms with Crippen molar-refractivity contribution in [3.8, 4) is 0 Å². The quantitative estimate of drug-likeness (QED) is 0.827. The van der Waals surface area contributed by atoms with E-state index in [1.807, 2.05) is 9.80 Å². The van der Waals surface area contributed by atoms with Crippen LogP contribution < -0.4 is 5.32 Å². The molecule has 1 aliphatic heterocycles. The Kier molecular flexibility index (Phi) is 6.77. The molecule has 0 bridgehead atoms. The highest BCUT2D eigenvalue weighted by Crippen LogP contribution is 2.28. The first kappa shape index (κ1) is 19.7. The van der Waals surface area contributed by atoms with Crippen molar-refractivity contribution in [3.05, 3.63) is 29.8 Å². The second kappa shape index (κ2) is 9.26. The Labute approximate surface area is 158 Å². The summed E-state index contributed by atoms with van der Waals surface area (Å²) in [6, 6.07) is 2.96. The van der Waals surface area contributed by atoms with Crippen molar-refractivity contribution in [2.24, 2.45) is 5.92 Å². The molecule has 148 valence electrons. The van der Waals surface area contributed by atoms with Gasteiger partial charge in [0.25, 0.3) is 0 Å². The van der Waals surface area contributed by atoms with Gasteiger partial charge < -0.3 is 10.2 Å². The lowest BCUT2D eigenvalue weighted by molar-refractivity contribution is -0.133. The zero-order chi connectivity index (χ0) is 19.2. The lowest BCUT2D eigenvalue weighted by Crippen LogP contribution is -2.50. The molecule has 0 radical (unpaired) electrons. The lowest BCUT2D eigenvalue weighted by atomic mass is 10.0. The third-order valence-corrected chi connectivity index (χ3v) is 5.54. The molecule has 1 aromatic carbocycles. The highest BCUT2D eigenvalue weighted by atomic mass is 19.1. The first-order valence-electron chi connectivity index (χ1n) is 9.76. The fourth-order valence-electron chi connectivity index (χ4n) is 3.93. The van der Waals surface area contributed by atoms with E-state index in [-0.39, 0.29) is 24.0 Å². The normalized spacial score (nSPS) is 18.7. The number of piperazine rings is 1. The third kappa shape index (κ3) is 5.73. The van der Waals surface area contributed by atoms with Crippen molar-refractivity contribution < 1.29 is 18.4 Å². The molecule has 0 aromatic heterocycles. The van der Waals surface area contributed by atoms with Gasteiger partial charge in [0.1, 0.15) is 11.6 Å². The molecule has 0 atom stereocenters. The highest BCUT2D eigenvalue weighted by Gasteiger charge is 2.24. The van der Waals surface area contributed by atoms with E-state index in [0.717, 1.165) is 24.6 Å². The first-order chi connectivity index (χ1) is 13.0. The van der Waals surface area contributed by atoms with E-state index in [0.29, 0.717) is 38.5 Å². The number of halogens is 2. The maximum atomic E-state index is 13.6. The molecule has 3 rings (SSSR count). The van der Waals surface area contributed by atoms with Crippen molar-refractivity contribution in [1.82, 2.24) is 9.80 Å². The van der Waals surface area contributed by atoms with Crippen molar-refractivity contribution >= 4 is 17.5 Å². The number of anilines is 1. The molecule has 2 amide bonds. The van der Waals surface area contributed by atoms with Crippen LogP contribution in [0.1, 0.15) is 38.5 Å². The van der Waals surface area contributed by atoms with Crippen LogP contribution >= 0.6 is 0 Å². The molecule has 27 heavy (non-hydrogen) atoms. The Hall–Kier alpha value is -2.02. The molecular weight excluding hydrogens is 352 g/mol. The fraction of sp³-hybridized carbons (Fsp3) is 0.600. The van der Waals surface area contributed by atoms with E-state index in [1.165, 1.54) is 25.7 Å². The number of hydrogen-bond acceptors (Lipinski definition) is 3. The zero-order valence-corrected chi connectivity index (χ0v) is 15.6. The predicted molar refractivity (Wildman–Crippen MR) is 99.2 cm³/mol. The molecular formula is C20H27F2N3O2. The Morgan fingerprint density at radius 1 is 1.07 bits per heavy atom. The van der Waals surface area contributed by atoms with Gasteiger partial charge in [-0.3, -0.25) is 14.5 Å². The highest BCUT2D eigenvalue weighted by molar-refractivity contribution is 5.92. The second-order valence-corrected chi connectivity index (χ2v) is 7.52. The summed E-state index contributed by atoms with van der Waals surface area (Å²) in [6.45, 7) is 2.51. The number of amides is 2. The van der Waals surface area contributed by atoms with Crippen molar-refractivity contribution in [3.63, 3.8) is 0 Å². The fourth-order valence-corrected chi connectivity index (χ4v) is 3.93. The lowest BCUT2D eigenvalue weighted by Gasteiger charge is -2.34. The molecule has 2 aliphatic rings. The van der Waals surface area contributed by atoms with E-state index >= 15 is 0 Å². The summed E-state index contributed by atoms with van der Waals surface area (Å²) in [6.07, 6.45) is 6.69. The van der Waals surface area contributed by atoms with E-state index in [2.05, 4.69) is 5.32 Å². The van der Waals surface area contributed by atoms with Gasteiger partial charge in [0.15, 0.2) is 0 Å². The van der Waals surface area contributed by atoms with Crippen LogP contribution in [0.3, 0.4) is 0 Å². The molecule has 1 N–H and O–H groups in total. The maximum absolute atomic E-state index is 13.6. The van der Waals surface area contributed by atoms with Gasteiger partial charge in [0, 0.05) is 38.7 Å². The van der Waals surface area contributed by atoms with Crippen molar-refractivity contribution in [2.75, 3.05) is 38.0 Å². The minimum absolute atomic E-state index is 0.0973. The summed E-state index contributed by atoms with van der Waals surface area (Å²) in [5.41, 5.74) is -0.152. The Balaban J connectivity index is 1.39. The molecule has 7 heteroatoms. The van der Waals surface area contributed by atoms with Crippen LogP contribution in [0.4, 0.5) is 14.5 Å². The van der Waals surface area contributed by atoms with Gasteiger partial charge in [0.2, 0.25) is 11.8 Å². The number of benzene rings is 1. The van der Waals surface area contributed by atoms with Crippen LogP contribution in [0, 0.1) is 17.6 Å². The molecule has 1 heterocycles. The number of hydrogen-bond donors (Lipinski definition) is 1. The minimum atomic E-state index is -0.664. The predicted octanol–water partition coefficient (Wildman–Crippen LogP) is 3.02. The summed E-state index contributed by atoms with van der Waals surface area (Å²) in [7, 11) is 0. The van der Waals surface area contributed by atoms with Crippen LogP contribution in [0.25, 0.3) is 0 Å².